The number of nitrogens with two attached hydrogens (primary N) is 1. The second-order valence-corrected chi connectivity index (χ2v) is 3.50. The summed E-state index contributed by atoms with van der Waals surface area (Å²) in [4.78, 5) is 22.4. The third kappa shape index (κ3) is 6.10. The Bertz CT molecular complexity index is 393. The van der Waals surface area contributed by atoms with Crippen molar-refractivity contribution in [1.29, 1.82) is 0 Å². The van der Waals surface area contributed by atoms with Gasteiger partial charge in [0, 0.05) is 5.69 Å². The summed E-state index contributed by atoms with van der Waals surface area (Å²) < 4.78 is 4.69. The van der Waals surface area contributed by atoms with Crippen LogP contribution < -0.4 is 11.1 Å². The van der Waals surface area contributed by atoms with Crippen molar-refractivity contribution >= 4 is 30.0 Å². The number of hydrogen-bond donors (Lipinski definition) is 2. The number of carbonyl (C=O) groups excluding carboxylic acids is 2. The number of ether oxygens (including phenoxy) is 1. The summed E-state index contributed by atoms with van der Waals surface area (Å²) in [6.07, 6.45) is 0.222. The van der Waals surface area contributed by atoms with Crippen molar-refractivity contribution in [1.82, 2.24) is 5.32 Å². The standard InChI is InChI=1S/C12H16N2O3.ClH/c1-2-17-12(16)8-14-11(15)7-9-3-5-10(13)6-4-9;/h3-6H,2,7-8,13H2,1H3,(H,14,15);1H. The number of amides is 1. The van der Waals surface area contributed by atoms with Crippen LogP contribution >= 0.6 is 12.4 Å². The zero-order valence-electron chi connectivity index (χ0n) is 10.1. The first kappa shape index (κ1) is 16.2. The van der Waals surface area contributed by atoms with E-state index in [2.05, 4.69) is 10.1 Å². The molecule has 0 fully saturated rings. The predicted molar refractivity (Wildman–Crippen MR) is 71.4 cm³/mol. The summed E-state index contributed by atoms with van der Waals surface area (Å²) in [6, 6.07) is 7.01. The van der Waals surface area contributed by atoms with E-state index in [-0.39, 0.29) is 31.3 Å². The van der Waals surface area contributed by atoms with Gasteiger partial charge in [0.05, 0.1) is 13.0 Å². The predicted octanol–water partition coefficient (Wildman–Crippen LogP) is 0.912. The zero-order valence-corrected chi connectivity index (χ0v) is 11.0. The van der Waals surface area contributed by atoms with Crippen LogP contribution in [0.4, 0.5) is 5.69 Å². The highest BCUT2D eigenvalue weighted by Crippen LogP contribution is 2.05. The lowest BCUT2D eigenvalue weighted by molar-refractivity contribution is -0.143. The van der Waals surface area contributed by atoms with E-state index in [0.717, 1.165) is 5.56 Å². The number of nitrogens with one attached hydrogen (secondary N) is 1. The summed E-state index contributed by atoms with van der Waals surface area (Å²) in [5, 5.41) is 2.49. The smallest absolute Gasteiger partial charge is 0.325 e. The molecule has 0 aliphatic carbocycles. The van der Waals surface area contributed by atoms with Gasteiger partial charge in [-0.3, -0.25) is 9.59 Å². The molecule has 5 nitrogen and oxygen atoms in total. The maximum absolute atomic E-state index is 11.5. The molecule has 1 amide bonds. The highest BCUT2D eigenvalue weighted by atomic mass is 35.5. The van der Waals surface area contributed by atoms with Crippen molar-refractivity contribution in [3.8, 4) is 0 Å². The number of carbonyl (C=O) groups is 2. The van der Waals surface area contributed by atoms with Gasteiger partial charge in [-0.1, -0.05) is 12.1 Å². The molecule has 0 saturated carbocycles. The minimum Gasteiger partial charge on any atom is -0.465 e. The van der Waals surface area contributed by atoms with Crippen LogP contribution in [0.2, 0.25) is 0 Å². The fourth-order valence-electron chi connectivity index (χ4n) is 1.27. The molecule has 0 radical (unpaired) electrons. The average molecular weight is 273 g/mol. The molecule has 6 heteroatoms. The lowest BCUT2D eigenvalue weighted by atomic mass is 10.1. The van der Waals surface area contributed by atoms with Crippen LogP contribution in [0.3, 0.4) is 0 Å². The van der Waals surface area contributed by atoms with E-state index >= 15 is 0 Å². The first-order chi connectivity index (χ1) is 8.11. The number of rotatable bonds is 5. The van der Waals surface area contributed by atoms with E-state index in [0.29, 0.717) is 12.3 Å². The molecule has 0 unspecified atom stereocenters. The number of nitrogen functional groups attached to an aromatic ring is 1. The molecule has 1 aromatic rings. The molecule has 0 heterocycles. The second kappa shape index (κ2) is 8.36. The highest BCUT2D eigenvalue weighted by Gasteiger charge is 2.06. The Morgan fingerprint density at radius 2 is 1.89 bits per heavy atom. The molecular weight excluding hydrogens is 256 g/mol. The third-order valence-electron chi connectivity index (χ3n) is 2.08. The summed E-state index contributed by atoms with van der Waals surface area (Å²) in [7, 11) is 0. The number of esters is 1. The lowest BCUT2D eigenvalue weighted by Gasteiger charge is -2.05. The van der Waals surface area contributed by atoms with Crippen LogP contribution in [0.25, 0.3) is 0 Å². The van der Waals surface area contributed by atoms with Crippen molar-refractivity contribution in [3.05, 3.63) is 29.8 Å². The van der Waals surface area contributed by atoms with Crippen LogP contribution in [0, 0.1) is 0 Å². The van der Waals surface area contributed by atoms with Crippen LogP contribution in [-0.2, 0) is 20.7 Å². The van der Waals surface area contributed by atoms with Crippen molar-refractivity contribution < 1.29 is 14.3 Å². The molecule has 1 rings (SSSR count). The summed E-state index contributed by atoms with van der Waals surface area (Å²) >= 11 is 0. The van der Waals surface area contributed by atoms with Gasteiger partial charge in [0.25, 0.3) is 0 Å². The number of hydrogen-bond acceptors (Lipinski definition) is 4. The van der Waals surface area contributed by atoms with E-state index in [1.165, 1.54) is 0 Å². The maximum atomic E-state index is 11.5. The van der Waals surface area contributed by atoms with E-state index < -0.39 is 5.97 Å². The fraction of sp³-hybridized carbons (Fsp3) is 0.333. The van der Waals surface area contributed by atoms with E-state index in [1.54, 1.807) is 31.2 Å². The summed E-state index contributed by atoms with van der Waals surface area (Å²) in [5.41, 5.74) is 7.03. The number of anilines is 1. The molecule has 0 aliphatic heterocycles. The Morgan fingerprint density at radius 1 is 1.28 bits per heavy atom. The van der Waals surface area contributed by atoms with Gasteiger partial charge in [0.15, 0.2) is 0 Å². The maximum Gasteiger partial charge on any atom is 0.325 e. The number of halogens is 1. The molecule has 0 spiro atoms. The molecule has 18 heavy (non-hydrogen) atoms. The molecule has 0 bridgehead atoms. The SMILES string of the molecule is CCOC(=O)CNC(=O)Cc1ccc(N)cc1.Cl. The Balaban J connectivity index is 0.00000289. The highest BCUT2D eigenvalue weighted by molar-refractivity contribution is 5.85. The molecule has 3 N–H and O–H groups in total. The Labute approximate surface area is 112 Å². The minimum atomic E-state index is -0.432. The van der Waals surface area contributed by atoms with Gasteiger partial charge in [0.2, 0.25) is 5.91 Å². The van der Waals surface area contributed by atoms with Gasteiger partial charge >= 0.3 is 5.97 Å². The van der Waals surface area contributed by atoms with Crippen LogP contribution in [0.1, 0.15) is 12.5 Å². The van der Waals surface area contributed by atoms with Gasteiger partial charge < -0.3 is 15.8 Å². The minimum absolute atomic E-state index is 0. The van der Waals surface area contributed by atoms with Crippen LogP contribution in [-0.4, -0.2) is 25.0 Å². The molecule has 0 aliphatic rings. The first-order valence-electron chi connectivity index (χ1n) is 5.38. The van der Waals surface area contributed by atoms with Gasteiger partial charge in [-0.25, -0.2) is 0 Å². The largest absolute Gasteiger partial charge is 0.465 e. The molecule has 0 saturated heterocycles. The molecule has 1 aromatic carbocycles. The molecular formula is C12H17ClN2O3. The quantitative estimate of drug-likeness (QED) is 0.617. The Morgan fingerprint density at radius 3 is 2.44 bits per heavy atom. The van der Waals surface area contributed by atoms with Gasteiger partial charge in [-0.05, 0) is 24.6 Å². The lowest BCUT2D eigenvalue weighted by Crippen LogP contribution is -2.31. The van der Waals surface area contributed by atoms with Crippen LogP contribution in [0.15, 0.2) is 24.3 Å². The molecule has 100 valence electrons. The average Bonchev–Trinajstić information content (AvgIpc) is 2.30. The van der Waals surface area contributed by atoms with E-state index in [9.17, 15) is 9.59 Å². The molecule has 0 atom stereocenters. The zero-order chi connectivity index (χ0) is 12.7. The summed E-state index contributed by atoms with van der Waals surface area (Å²) in [6.45, 7) is 1.93. The first-order valence-corrected chi connectivity index (χ1v) is 5.38. The Hall–Kier alpha value is -1.75. The van der Waals surface area contributed by atoms with Crippen molar-refractivity contribution in [2.24, 2.45) is 0 Å². The third-order valence-corrected chi connectivity index (χ3v) is 2.08. The Kier molecular flexibility index (Phi) is 7.54. The van der Waals surface area contributed by atoms with Crippen LogP contribution in [0.5, 0.6) is 0 Å². The topological polar surface area (TPSA) is 81.4 Å². The number of benzene rings is 1. The van der Waals surface area contributed by atoms with E-state index in [1.807, 2.05) is 0 Å². The van der Waals surface area contributed by atoms with Crippen molar-refractivity contribution in [2.45, 2.75) is 13.3 Å². The normalized spacial score (nSPS) is 9.17. The van der Waals surface area contributed by atoms with Gasteiger partial charge in [-0.2, -0.15) is 0 Å². The van der Waals surface area contributed by atoms with Gasteiger partial charge in [-0.15, -0.1) is 12.4 Å². The van der Waals surface area contributed by atoms with Crippen molar-refractivity contribution in [2.75, 3.05) is 18.9 Å². The summed E-state index contributed by atoms with van der Waals surface area (Å²) in [5.74, 6) is -0.652. The van der Waals surface area contributed by atoms with Gasteiger partial charge in [0.1, 0.15) is 6.54 Å². The second-order valence-electron chi connectivity index (χ2n) is 3.50. The van der Waals surface area contributed by atoms with E-state index in [4.69, 9.17) is 5.73 Å². The monoisotopic (exact) mass is 272 g/mol. The fourth-order valence-corrected chi connectivity index (χ4v) is 1.27. The molecule has 0 aromatic heterocycles. The van der Waals surface area contributed by atoms with Crippen molar-refractivity contribution in [3.63, 3.8) is 0 Å².